The van der Waals surface area contributed by atoms with E-state index in [1.165, 1.54) is 16.5 Å². The molecule has 0 bridgehead atoms. The van der Waals surface area contributed by atoms with E-state index in [0.717, 1.165) is 13.0 Å². The van der Waals surface area contributed by atoms with Gasteiger partial charge >= 0.3 is 0 Å². The number of fused-ring (bicyclic) bond motifs is 1. The van der Waals surface area contributed by atoms with Crippen LogP contribution in [0, 0.1) is 6.92 Å². The zero-order valence-corrected chi connectivity index (χ0v) is 10.6. The molecule has 0 saturated heterocycles. The number of carbonyl (C=O) groups is 1. The number of benzene rings is 1. The minimum atomic E-state index is -0.964. The fraction of sp³-hybridized carbons (Fsp3) is 0.333. The van der Waals surface area contributed by atoms with Crippen LogP contribution in [-0.2, 0) is 11.3 Å². The van der Waals surface area contributed by atoms with Gasteiger partial charge in [0.05, 0.1) is 0 Å². The molecule has 1 heterocycles. The van der Waals surface area contributed by atoms with Crippen LogP contribution >= 0.6 is 0 Å². The fourth-order valence-corrected chi connectivity index (χ4v) is 2.18. The van der Waals surface area contributed by atoms with Gasteiger partial charge in [0.2, 0.25) is 5.52 Å². The molecule has 0 radical (unpaired) electrons. The quantitative estimate of drug-likeness (QED) is 0.588. The minimum Gasteiger partial charge on any atom is -0.550 e. The number of aliphatic carboxylic acids is 1. The zero-order chi connectivity index (χ0) is 13.0. The number of hydrogen-bond donors (Lipinski definition) is 0. The molecule has 3 heteroatoms. The molecule has 0 aliphatic carbocycles. The Labute approximate surface area is 107 Å². The van der Waals surface area contributed by atoms with Gasteiger partial charge in [-0.1, -0.05) is 12.1 Å². The third kappa shape index (κ3) is 2.86. The lowest BCUT2D eigenvalue weighted by Crippen LogP contribution is -2.34. The van der Waals surface area contributed by atoms with Crippen molar-refractivity contribution in [1.82, 2.24) is 0 Å². The summed E-state index contributed by atoms with van der Waals surface area (Å²) < 4.78 is 2.18. The normalized spacial score (nSPS) is 10.7. The summed E-state index contributed by atoms with van der Waals surface area (Å²) in [5.74, 6) is -0.964. The second-order valence-corrected chi connectivity index (χ2v) is 4.54. The molecule has 0 fully saturated rings. The number of para-hydroxylation sites is 1. The summed E-state index contributed by atoms with van der Waals surface area (Å²) in [6.07, 6.45) is 3.73. The Morgan fingerprint density at radius 2 is 2.00 bits per heavy atom. The third-order valence-corrected chi connectivity index (χ3v) is 3.17. The minimum absolute atomic E-state index is 0.143. The highest BCUT2D eigenvalue weighted by Crippen LogP contribution is 2.13. The average Bonchev–Trinajstić information content (AvgIpc) is 2.37. The molecule has 0 amide bonds. The number of pyridine rings is 1. The monoisotopic (exact) mass is 243 g/mol. The number of aryl methyl sites for hydroxylation is 2. The molecule has 1 aromatic heterocycles. The van der Waals surface area contributed by atoms with E-state index in [1.807, 2.05) is 12.1 Å². The molecule has 0 aliphatic rings. The fourth-order valence-electron chi connectivity index (χ4n) is 2.18. The van der Waals surface area contributed by atoms with Gasteiger partial charge in [0, 0.05) is 29.9 Å². The van der Waals surface area contributed by atoms with Gasteiger partial charge in [-0.2, -0.15) is 4.57 Å². The number of carboxylic acids is 1. The highest BCUT2D eigenvalue weighted by Gasteiger charge is 2.09. The SMILES string of the molecule is Cc1cc[n+](CCCCC(=O)[O-])c2ccccc12. The lowest BCUT2D eigenvalue weighted by molar-refractivity contribution is -0.671. The Hall–Kier alpha value is -1.90. The number of unbranched alkanes of at least 4 members (excludes halogenated alkanes) is 1. The molecule has 2 rings (SSSR count). The van der Waals surface area contributed by atoms with E-state index in [4.69, 9.17) is 0 Å². The molecule has 1 aromatic carbocycles. The highest BCUT2D eigenvalue weighted by molar-refractivity contribution is 5.78. The summed E-state index contributed by atoms with van der Waals surface area (Å²) in [7, 11) is 0. The van der Waals surface area contributed by atoms with Crippen molar-refractivity contribution >= 4 is 16.9 Å². The summed E-state index contributed by atoms with van der Waals surface area (Å²) in [5.41, 5.74) is 2.46. The first-order chi connectivity index (χ1) is 8.68. The second kappa shape index (κ2) is 5.63. The maximum atomic E-state index is 10.3. The average molecular weight is 243 g/mol. The first kappa shape index (κ1) is 12.6. The van der Waals surface area contributed by atoms with Crippen molar-refractivity contribution in [3.05, 3.63) is 42.1 Å². The Bertz CT molecular complexity index is 563. The number of aromatic nitrogens is 1. The van der Waals surface area contributed by atoms with E-state index in [0.29, 0.717) is 6.42 Å². The van der Waals surface area contributed by atoms with Crippen LogP contribution in [0.4, 0.5) is 0 Å². The molecule has 0 spiro atoms. The Kier molecular flexibility index (Phi) is 3.92. The zero-order valence-electron chi connectivity index (χ0n) is 10.6. The maximum absolute atomic E-state index is 10.3. The number of hydrogen-bond acceptors (Lipinski definition) is 2. The molecule has 0 unspecified atom stereocenters. The standard InChI is InChI=1S/C15H17NO2/c1-12-9-11-16(10-5-4-8-15(17)18)14-7-3-2-6-13(12)14/h2-3,6-7,9,11H,4-5,8,10H2,1H3. The van der Waals surface area contributed by atoms with E-state index >= 15 is 0 Å². The van der Waals surface area contributed by atoms with Crippen molar-refractivity contribution in [3.63, 3.8) is 0 Å². The molecular weight excluding hydrogens is 226 g/mol. The number of rotatable bonds is 5. The van der Waals surface area contributed by atoms with Gasteiger partial charge in [-0.05, 0) is 31.4 Å². The van der Waals surface area contributed by atoms with Gasteiger partial charge in [0.1, 0.15) is 6.54 Å². The summed E-state index contributed by atoms with van der Waals surface area (Å²) in [5, 5.41) is 11.6. The third-order valence-electron chi connectivity index (χ3n) is 3.17. The molecule has 18 heavy (non-hydrogen) atoms. The van der Waals surface area contributed by atoms with Gasteiger partial charge < -0.3 is 9.90 Å². The molecular formula is C15H17NO2. The molecule has 0 saturated carbocycles. The van der Waals surface area contributed by atoms with Crippen molar-refractivity contribution in [2.45, 2.75) is 32.7 Å². The van der Waals surface area contributed by atoms with E-state index in [9.17, 15) is 9.90 Å². The highest BCUT2D eigenvalue weighted by atomic mass is 16.4. The topological polar surface area (TPSA) is 44.0 Å². The van der Waals surface area contributed by atoms with Gasteiger partial charge in [-0.15, -0.1) is 0 Å². The lowest BCUT2D eigenvalue weighted by atomic mass is 10.1. The predicted molar refractivity (Wildman–Crippen MR) is 67.7 cm³/mol. The van der Waals surface area contributed by atoms with Gasteiger partial charge in [0.25, 0.3) is 0 Å². The number of carbonyl (C=O) groups excluding carboxylic acids is 1. The van der Waals surface area contributed by atoms with Crippen LogP contribution in [0.5, 0.6) is 0 Å². The Morgan fingerprint density at radius 3 is 2.78 bits per heavy atom. The van der Waals surface area contributed by atoms with Crippen LogP contribution < -0.4 is 9.67 Å². The van der Waals surface area contributed by atoms with Crippen LogP contribution in [0.25, 0.3) is 10.9 Å². The Balaban J connectivity index is 2.14. The molecule has 0 atom stereocenters. The summed E-state index contributed by atoms with van der Waals surface area (Å²) in [6, 6.07) is 10.4. The van der Waals surface area contributed by atoms with Crippen molar-refractivity contribution in [2.24, 2.45) is 0 Å². The van der Waals surface area contributed by atoms with Crippen LogP contribution in [0.15, 0.2) is 36.5 Å². The van der Waals surface area contributed by atoms with Crippen molar-refractivity contribution < 1.29 is 14.5 Å². The maximum Gasteiger partial charge on any atom is 0.212 e. The van der Waals surface area contributed by atoms with Crippen molar-refractivity contribution in [1.29, 1.82) is 0 Å². The van der Waals surface area contributed by atoms with Crippen LogP contribution in [-0.4, -0.2) is 5.97 Å². The van der Waals surface area contributed by atoms with Gasteiger partial charge in [-0.25, -0.2) is 0 Å². The van der Waals surface area contributed by atoms with Crippen LogP contribution in [0.3, 0.4) is 0 Å². The van der Waals surface area contributed by atoms with Crippen molar-refractivity contribution in [3.8, 4) is 0 Å². The number of carboxylic acid groups (broad SMARTS) is 1. The molecule has 0 aliphatic heterocycles. The van der Waals surface area contributed by atoms with Crippen molar-refractivity contribution in [2.75, 3.05) is 0 Å². The number of nitrogens with zero attached hydrogens (tertiary/aromatic N) is 1. The Morgan fingerprint density at radius 1 is 1.22 bits per heavy atom. The van der Waals surface area contributed by atoms with Crippen LogP contribution in [0.2, 0.25) is 0 Å². The molecule has 3 nitrogen and oxygen atoms in total. The first-order valence-electron chi connectivity index (χ1n) is 6.26. The van der Waals surface area contributed by atoms with E-state index < -0.39 is 5.97 Å². The van der Waals surface area contributed by atoms with Crippen LogP contribution in [0.1, 0.15) is 24.8 Å². The largest absolute Gasteiger partial charge is 0.550 e. The molecule has 94 valence electrons. The second-order valence-electron chi connectivity index (χ2n) is 4.54. The summed E-state index contributed by atoms with van der Waals surface area (Å²) >= 11 is 0. The van der Waals surface area contributed by atoms with Gasteiger partial charge in [-0.3, -0.25) is 0 Å². The van der Waals surface area contributed by atoms with E-state index in [-0.39, 0.29) is 6.42 Å². The summed E-state index contributed by atoms with van der Waals surface area (Å²) in [6.45, 7) is 2.94. The molecule has 2 aromatic rings. The van der Waals surface area contributed by atoms with E-state index in [2.05, 4.69) is 35.9 Å². The predicted octanol–water partition coefficient (Wildman–Crippen LogP) is 1.36. The first-order valence-corrected chi connectivity index (χ1v) is 6.26. The smallest absolute Gasteiger partial charge is 0.212 e. The lowest BCUT2D eigenvalue weighted by Gasteiger charge is -2.04. The summed E-state index contributed by atoms with van der Waals surface area (Å²) in [4.78, 5) is 10.3. The van der Waals surface area contributed by atoms with Gasteiger partial charge in [0.15, 0.2) is 6.20 Å². The molecule has 0 N–H and O–H groups in total. The van der Waals surface area contributed by atoms with E-state index in [1.54, 1.807) is 0 Å².